The average molecular weight is 418 g/mol. The summed E-state index contributed by atoms with van der Waals surface area (Å²) in [5, 5.41) is 11.2. The summed E-state index contributed by atoms with van der Waals surface area (Å²) in [6.45, 7) is 0.387. The normalized spacial score (nSPS) is 19.5. The molecule has 1 fully saturated rings. The van der Waals surface area contributed by atoms with Crippen molar-refractivity contribution in [3.63, 3.8) is 0 Å². The predicted octanol–water partition coefficient (Wildman–Crippen LogP) is 4.54. The number of carbonyl (C=O) groups is 2. The van der Waals surface area contributed by atoms with Crippen molar-refractivity contribution in [2.75, 3.05) is 6.54 Å². The summed E-state index contributed by atoms with van der Waals surface area (Å²) in [5.41, 5.74) is 3.67. The maximum absolute atomic E-state index is 13.5. The summed E-state index contributed by atoms with van der Waals surface area (Å²) in [5.74, 6) is -1.46. The number of hydroxylamine groups is 2. The fraction of sp³-hybridized carbons (Fsp3) is 0.167. The lowest BCUT2D eigenvalue weighted by Crippen LogP contribution is -2.38. The Bertz CT molecular complexity index is 1150. The number of benzene rings is 3. The Morgan fingerprint density at radius 1 is 1.03 bits per heavy atom. The van der Waals surface area contributed by atoms with Crippen LogP contribution in [0.3, 0.4) is 0 Å². The van der Waals surface area contributed by atoms with Crippen LogP contribution < -0.4 is 0 Å². The number of rotatable bonds is 5. The highest BCUT2D eigenvalue weighted by molar-refractivity contribution is 5.89. The first kappa shape index (κ1) is 19.3. The van der Waals surface area contributed by atoms with Crippen LogP contribution >= 0.6 is 0 Å². The van der Waals surface area contributed by atoms with Crippen LogP contribution in [-0.4, -0.2) is 33.6 Å². The third-order valence-corrected chi connectivity index (χ3v) is 5.77. The molecule has 3 aromatic carbocycles. The summed E-state index contributed by atoms with van der Waals surface area (Å²) in [4.78, 5) is 32.5. The van der Waals surface area contributed by atoms with E-state index in [1.165, 1.54) is 22.1 Å². The van der Waals surface area contributed by atoms with E-state index in [1.54, 1.807) is 24.3 Å². The molecule has 2 atom stereocenters. The average Bonchev–Trinajstić information content (AvgIpc) is 3.04. The Morgan fingerprint density at radius 2 is 1.77 bits per heavy atom. The van der Waals surface area contributed by atoms with E-state index in [9.17, 15) is 19.1 Å². The number of carboxylic acid groups (broad SMARTS) is 1. The summed E-state index contributed by atoms with van der Waals surface area (Å²) < 4.78 is 13.5. The maximum atomic E-state index is 13.5. The fourth-order valence-corrected chi connectivity index (χ4v) is 4.40. The Labute approximate surface area is 178 Å². The molecule has 3 aromatic rings. The van der Waals surface area contributed by atoms with Gasteiger partial charge in [-0.25, -0.2) is 14.0 Å². The minimum atomic E-state index is -1.11. The lowest BCUT2D eigenvalue weighted by molar-refractivity contribution is -0.143. The third-order valence-electron chi connectivity index (χ3n) is 5.77. The van der Waals surface area contributed by atoms with E-state index in [0.717, 1.165) is 22.3 Å². The van der Waals surface area contributed by atoms with Gasteiger partial charge in [0.2, 0.25) is 0 Å². The molecule has 0 radical (unpaired) electrons. The highest BCUT2D eigenvalue weighted by Gasteiger charge is 2.51. The third kappa shape index (κ3) is 3.23. The zero-order valence-corrected chi connectivity index (χ0v) is 16.4. The van der Waals surface area contributed by atoms with Crippen molar-refractivity contribution >= 4 is 12.0 Å². The topological polar surface area (TPSA) is 70.1 Å². The molecule has 0 aromatic heterocycles. The van der Waals surface area contributed by atoms with Crippen LogP contribution in [0.15, 0.2) is 72.8 Å². The lowest BCUT2D eigenvalue weighted by Gasteiger charge is -2.32. The molecule has 0 spiro atoms. The number of halogens is 1. The molecule has 2 heterocycles. The molecule has 7 heteroatoms. The predicted molar refractivity (Wildman–Crippen MR) is 110 cm³/mol. The minimum absolute atomic E-state index is 0.183. The summed E-state index contributed by atoms with van der Waals surface area (Å²) in [6.07, 6.45) is 0. The number of urea groups is 1. The molecule has 1 saturated heterocycles. The number of carboxylic acids is 1. The summed E-state index contributed by atoms with van der Waals surface area (Å²) in [6, 6.07) is 18.8. The first-order valence-corrected chi connectivity index (χ1v) is 9.93. The molecule has 156 valence electrons. The molecule has 5 rings (SSSR count). The van der Waals surface area contributed by atoms with Crippen molar-refractivity contribution in [1.29, 1.82) is 0 Å². The first-order chi connectivity index (χ1) is 15.0. The van der Waals surface area contributed by atoms with E-state index in [-0.39, 0.29) is 19.0 Å². The van der Waals surface area contributed by atoms with Gasteiger partial charge in [0.1, 0.15) is 18.5 Å². The molecule has 0 aliphatic carbocycles. The smallest absolute Gasteiger partial charge is 0.345 e. The van der Waals surface area contributed by atoms with E-state index in [4.69, 9.17) is 4.84 Å². The molecule has 1 N–H and O–H groups in total. The van der Waals surface area contributed by atoms with Crippen LogP contribution in [0.4, 0.5) is 9.18 Å². The van der Waals surface area contributed by atoms with Crippen LogP contribution in [0.2, 0.25) is 0 Å². The van der Waals surface area contributed by atoms with Gasteiger partial charge >= 0.3 is 12.0 Å². The number of amides is 2. The highest BCUT2D eigenvalue weighted by atomic mass is 19.1. The zero-order valence-electron chi connectivity index (χ0n) is 16.4. The van der Waals surface area contributed by atoms with Gasteiger partial charge in [0.15, 0.2) is 6.04 Å². The van der Waals surface area contributed by atoms with Crippen molar-refractivity contribution in [3.8, 4) is 11.1 Å². The second-order valence-corrected chi connectivity index (χ2v) is 7.59. The molecule has 2 bridgehead atoms. The largest absolute Gasteiger partial charge is 0.479 e. The number of carbonyl (C=O) groups excluding carboxylic acids is 1. The number of hydrogen-bond acceptors (Lipinski definition) is 3. The van der Waals surface area contributed by atoms with Crippen LogP contribution in [-0.2, 0) is 16.2 Å². The van der Waals surface area contributed by atoms with Gasteiger partial charge in [0, 0.05) is 0 Å². The fourth-order valence-electron chi connectivity index (χ4n) is 4.40. The molecular weight excluding hydrogens is 399 g/mol. The van der Waals surface area contributed by atoms with E-state index in [1.807, 2.05) is 36.4 Å². The first-order valence-electron chi connectivity index (χ1n) is 9.93. The van der Waals surface area contributed by atoms with Crippen LogP contribution in [0.5, 0.6) is 0 Å². The van der Waals surface area contributed by atoms with Gasteiger partial charge < -0.3 is 10.0 Å². The highest BCUT2D eigenvalue weighted by Crippen LogP contribution is 2.47. The standard InChI is InChI=1S/C24H19FN2O4/c25-17-11-9-16(10-12-17)18-7-4-8-19-21(18)20-13-26(22(19)23(28)29)24(30)27(20)31-14-15-5-2-1-3-6-15/h1-12,20,22H,13-14H2,(H,28,29). The zero-order chi connectivity index (χ0) is 21.5. The van der Waals surface area contributed by atoms with Gasteiger partial charge in [-0.2, -0.15) is 5.06 Å². The van der Waals surface area contributed by atoms with E-state index in [0.29, 0.717) is 5.56 Å². The number of aliphatic carboxylic acids is 1. The Balaban J connectivity index is 1.59. The second kappa shape index (κ2) is 7.52. The monoisotopic (exact) mass is 418 g/mol. The van der Waals surface area contributed by atoms with Crippen molar-refractivity contribution in [1.82, 2.24) is 9.96 Å². The van der Waals surface area contributed by atoms with Gasteiger partial charge in [0.05, 0.1) is 6.54 Å². The Kier molecular flexibility index (Phi) is 4.67. The van der Waals surface area contributed by atoms with Crippen molar-refractivity contribution in [2.45, 2.75) is 18.7 Å². The van der Waals surface area contributed by atoms with Gasteiger partial charge in [0.25, 0.3) is 0 Å². The second-order valence-electron chi connectivity index (χ2n) is 7.59. The summed E-state index contributed by atoms with van der Waals surface area (Å²) in [7, 11) is 0. The van der Waals surface area contributed by atoms with E-state index >= 15 is 0 Å². The summed E-state index contributed by atoms with van der Waals surface area (Å²) >= 11 is 0. The molecule has 6 nitrogen and oxygen atoms in total. The van der Waals surface area contributed by atoms with Crippen LogP contribution in [0.1, 0.15) is 28.8 Å². The molecule has 31 heavy (non-hydrogen) atoms. The van der Waals surface area contributed by atoms with Gasteiger partial charge in [-0.1, -0.05) is 60.7 Å². The molecule has 2 aliphatic heterocycles. The van der Waals surface area contributed by atoms with Crippen molar-refractivity contribution in [2.24, 2.45) is 0 Å². The number of nitrogens with zero attached hydrogens (tertiary/aromatic N) is 2. The SMILES string of the molecule is O=C(O)C1c2cccc(-c3ccc(F)cc3)c2C2CN1C(=O)N2OCc1ccccc1. The lowest BCUT2D eigenvalue weighted by atomic mass is 9.85. The molecule has 2 aliphatic rings. The number of hydrogen-bond donors (Lipinski definition) is 1. The van der Waals surface area contributed by atoms with Crippen molar-refractivity contribution < 1.29 is 23.9 Å². The van der Waals surface area contributed by atoms with Gasteiger partial charge in [-0.3, -0.25) is 4.84 Å². The van der Waals surface area contributed by atoms with Crippen LogP contribution in [0.25, 0.3) is 11.1 Å². The molecular formula is C24H19FN2O4. The van der Waals surface area contributed by atoms with Crippen LogP contribution in [0, 0.1) is 5.82 Å². The Morgan fingerprint density at radius 3 is 2.48 bits per heavy atom. The minimum Gasteiger partial charge on any atom is -0.479 e. The quantitative estimate of drug-likeness (QED) is 0.660. The molecule has 0 saturated carbocycles. The number of fused-ring (bicyclic) bond motifs is 4. The Hall–Kier alpha value is -3.71. The molecule has 2 unspecified atom stereocenters. The van der Waals surface area contributed by atoms with E-state index < -0.39 is 24.1 Å². The van der Waals surface area contributed by atoms with E-state index in [2.05, 4.69) is 0 Å². The van der Waals surface area contributed by atoms with Crippen molar-refractivity contribution in [3.05, 3.63) is 95.3 Å². The molecule has 2 amide bonds. The maximum Gasteiger partial charge on any atom is 0.345 e. The van der Waals surface area contributed by atoms with Gasteiger partial charge in [-0.15, -0.1) is 0 Å². The van der Waals surface area contributed by atoms with Gasteiger partial charge in [-0.05, 0) is 39.9 Å².